The van der Waals surface area contributed by atoms with E-state index in [1.165, 1.54) is 6.92 Å². The van der Waals surface area contributed by atoms with Gasteiger partial charge in [-0.1, -0.05) is 24.3 Å². The molecule has 0 spiro atoms. The van der Waals surface area contributed by atoms with Crippen molar-refractivity contribution in [2.24, 2.45) is 0 Å². The van der Waals surface area contributed by atoms with Crippen molar-refractivity contribution in [2.75, 3.05) is 17.2 Å². The van der Waals surface area contributed by atoms with E-state index in [2.05, 4.69) is 10.6 Å². The largest absolute Gasteiger partial charge is 0.385 e. The van der Waals surface area contributed by atoms with Crippen LogP contribution in [0.3, 0.4) is 0 Å². The number of ketones is 1. The average Bonchev–Trinajstić information content (AvgIpc) is 2.47. The van der Waals surface area contributed by atoms with Crippen LogP contribution >= 0.6 is 0 Å². The molecule has 2 aromatic rings. The Labute approximate surface area is 130 Å². The molecule has 22 heavy (non-hydrogen) atoms. The van der Waals surface area contributed by atoms with Gasteiger partial charge in [0.15, 0.2) is 5.78 Å². The lowest BCUT2D eigenvalue weighted by atomic mass is 10.1. The minimum absolute atomic E-state index is 0.0286. The number of rotatable bonds is 6. The third-order valence-electron chi connectivity index (χ3n) is 3.25. The predicted molar refractivity (Wildman–Crippen MR) is 89.4 cm³/mol. The second kappa shape index (κ2) is 7.41. The predicted octanol–water partition coefficient (Wildman–Crippen LogP) is 3.64. The fourth-order valence-corrected chi connectivity index (χ4v) is 2.11. The maximum Gasteiger partial charge on any atom is 0.226 e. The van der Waals surface area contributed by atoms with Crippen LogP contribution in [0.4, 0.5) is 11.4 Å². The van der Waals surface area contributed by atoms with Crippen molar-refractivity contribution in [3.8, 4) is 0 Å². The Balaban J connectivity index is 1.82. The minimum Gasteiger partial charge on any atom is -0.385 e. The van der Waals surface area contributed by atoms with Crippen LogP contribution in [0, 0.1) is 6.92 Å². The number of carbonyl (C=O) groups excluding carboxylic acids is 2. The molecule has 0 aliphatic heterocycles. The van der Waals surface area contributed by atoms with Gasteiger partial charge in [0.1, 0.15) is 0 Å². The van der Waals surface area contributed by atoms with Gasteiger partial charge in [-0.3, -0.25) is 9.59 Å². The van der Waals surface area contributed by atoms with Crippen molar-refractivity contribution < 1.29 is 9.59 Å². The second-order valence-electron chi connectivity index (χ2n) is 5.23. The molecule has 0 fully saturated rings. The maximum absolute atomic E-state index is 11.9. The van der Waals surface area contributed by atoms with E-state index < -0.39 is 0 Å². The number of anilines is 2. The summed E-state index contributed by atoms with van der Waals surface area (Å²) in [6, 6.07) is 15.0. The summed E-state index contributed by atoms with van der Waals surface area (Å²) in [5.41, 5.74) is 3.42. The topological polar surface area (TPSA) is 58.2 Å². The third kappa shape index (κ3) is 4.74. The smallest absolute Gasteiger partial charge is 0.226 e. The number of carbonyl (C=O) groups is 2. The van der Waals surface area contributed by atoms with Crippen LogP contribution in [0.15, 0.2) is 48.5 Å². The second-order valence-corrected chi connectivity index (χ2v) is 5.23. The average molecular weight is 296 g/mol. The van der Waals surface area contributed by atoms with Gasteiger partial charge in [-0.15, -0.1) is 0 Å². The highest BCUT2D eigenvalue weighted by Crippen LogP contribution is 2.12. The summed E-state index contributed by atoms with van der Waals surface area (Å²) in [4.78, 5) is 23.2. The van der Waals surface area contributed by atoms with E-state index in [9.17, 15) is 9.59 Å². The fourth-order valence-electron chi connectivity index (χ4n) is 2.11. The SMILES string of the molecule is CC(=O)c1cccc(NCCC(=O)Nc2cccc(C)c2)c1. The fraction of sp³-hybridized carbons (Fsp3) is 0.222. The van der Waals surface area contributed by atoms with Gasteiger partial charge in [-0.2, -0.15) is 0 Å². The number of aryl methyl sites for hydroxylation is 1. The number of benzene rings is 2. The summed E-state index contributed by atoms with van der Waals surface area (Å²) in [5, 5.41) is 6.02. The van der Waals surface area contributed by atoms with Crippen LogP contribution in [-0.4, -0.2) is 18.2 Å². The summed E-state index contributed by atoms with van der Waals surface area (Å²) in [6.45, 7) is 4.03. The Hall–Kier alpha value is -2.62. The van der Waals surface area contributed by atoms with Crippen molar-refractivity contribution in [2.45, 2.75) is 20.3 Å². The molecule has 0 heterocycles. The first kappa shape index (κ1) is 15.8. The normalized spacial score (nSPS) is 10.1. The Morgan fingerprint density at radius 3 is 2.45 bits per heavy atom. The van der Waals surface area contributed by atoms with Gasteiger partial charge in [-0.25, -0.2) is 0 Å². The van der Waals surface area contributed by atoms with Crippen molar-refractivity contribution in [1.82, 2.24) is 0 Å². The zero-order valence-electron chi connectivity index (χ0n) is 12.8. The lowest BCUT2D eigenvalue weighted by Crippen LogP contribution is -2.16. The van der Waals surface area contributed by atoms with E-state index in [0.29, 0.717) is 18.5 Å². The molecule has 0 unspecified atom stereocenters. The molecule has 114 valence electrons. The van der Waals surface area contributed by atoms with E-state index in [4.69, 9.17) is 0 Å². The lowest BCUT2D eigenvalue weighted by molar-refractivity contribution is -0.115. The highest BCUT2D eigenvalue weighted by atomic mass is 16.1. The maximum atomic E-state index is 11.9. The molecule has 0 aliphatic carbocycles. The molecule has 0 bridgehead atoms. The number of nitrogens with one attached hydrogen (secondary N) is 2. The first-order valence-corrected chi connectivity index (χ1v) is 7.26. The molecule has 0 aromatic heterocycles. The zero-order valence-corrected chi connectivity index (χ0v) is 12.8. The Kier molecular flexibility index (Phi) is 5.31. The quantitative estimate of drug-likeness (QED) is 0.800. The first-order chi connectivity index (χ1) is 10.5. The van der Waals surface area contributed by atoms with E-state index in [-0.39, 0.29) is 11.7 Å². The summed E-state index contributed by atoms with van der Waals surface area (Å²) in [7, 11) is 0. The van der Waals surface area contributed by atoms with E-state index in [0.717, 1.165) is 16.9 Å². The summed E-state index contributed by atoms with van der Waals surface area (Å²) < 4.78 is 0. The Morgan fingerprint density at radius 2 is 1.73 bits per heavy atom. The third-order valence-corrected chi connectivity index (χ3v) is 3.25. The van der Waals surface area contributed by atoms with Gasteiger partial charge >= 0.3 is 0 Å². The van der Waals surface area contributed by atoms with Gasteiger partial charge in [-0.05, 0) is 43.7 Å². The highest BCUT2D eigenvalue weighted by Gasteiger charge is 2.03. The number of hydrogen-bond donors (Lipinski definition) is 2. The standard InChI is InChI=1S/C18H20N2O2/c1-13-5-3-8-17(11-13)20-18(22)9-10-19-16-7-4-6-15(12-16)14(2)21/h3-8,11-12,19H,9-10H2,1-2H3,(H,20,22). The Morgan fingerprint density at radius 1 is 1.00 bits per heavy atom. The monoisotopic (exact) mass is 296 g/mol. The number of amides is 1. The van der Waals surface area contributed by atoms with Crippen molar-refractivity contribution in [3.63, 3.8) is 0 Å². The first-order valence-electron chi connectivity index (χ1n) is 7.26. The molecule has 2 rings (SSSR count). The van der Waals surface area contributed by atoms with Gasteiger partial charge < -0.3 is 10.6 Å². The van der Waals surface area contributed by atoms with Gasteiger partial charge in [0.25, 0.3) is 0 Å². The van der Waals surface area contributed by atoms with Crippen molar-refractivity contribution in [1.29, 1.82) is 0 Å². The van der Waals surface area contributed by atoms with Crippen LogP contribution in [0.2, 0.25) is 0 Å². The highest BCUT2D eigenvalue weighted by molar-refractivity contribution is 5.95. The lowest BCUT2D eigenvalue weighted by Gasteiger charge is -2.08. The van der Waals surface area contributed by atoms with E-state index in [1.807, 2.05) is 43.3 Å². The van der Waals surface area contributed by atoms with Crippen LogP contribution < -0.4 is 10.6 Å². The van der Waals surface area contributed by atoms with Crippen LogP contribution in [0.1, 0.15) is 29.3 Å². The number of hydrogen-bond acceptors (Lipinski definition) is 3. The minimum atomic E-state index is -0.0409. The molecule has 4 heteroatoms. The zero-order chi connectivity index (χ0) is 15.9. The van der Waals surface area contributed by atoms with Crippen molar-refractivity contribution in [3.05, 3.63) is 59.7 Å². The summed E-state index contributed by atoms with van der Waals surface area (Å²) in [5.74, 6) is -0.0123. The van der Waals surface area contributed by atoms with Crippen LogP contribution in [-0.2, 0) is 4.79 Å². The van der Waals surface area contributed by atoms with Gasteiger partial charge in [0.2, 0.25) is 5.91 Å². The van der Waals surface area contributed by atoms with Crippen LogP contribution in [0.5, 0.6) is 0 Å². The Bertz CT molecular complexity index is 680. The summed E-state index contributed by atoms with van der Waals surface area (Å²) >= 11 is 0. The molecule has 0 atom stereocenters. The van der Waals surface area contributed by atoms with Gasteiger partial charge in [0, 0.05) is 29.9 Å². The van der Waals surface area contributed by atoms with E-state index >= 15 is 0 Å². The molecule has 2 N–H and O–H groups in total. The number of Topliss-reactive ketones (excluding diaryl/α,β-unsaturated/α-hetero) is 1. The van der Waals surface area contributed by atoms with Crippen molar-refractivity contribution >= 4 is 23.1 Å². The molecule has 0 aliphatic rings. The summed E-state index contributed by atoms with van der Waals surface area (Å²) in [6.07, 6.45) is 0.359. The molecule has 0 saturated heterocycles. The molecule has 0 radical (unpaired) electrons. The molecule has 4 nitrogen and oxygen atoms in total. The molecular formula is C18H20N2O2. The molecular weight excluding hydrogens is 276 g/mol. The molecule has 2 aromatic carbocycles. The molecule has 1 amide bonds. The van der Waals surface area contributed by atoms with Gasteiger partial charge in [0.05, 0.1) is 0 Å². The van der Waals surface area contributed by atoms with Crippen LogP contribution in [0.25, 0.3) is 0 Å². The van der Waals surface area contributed by atoms with E-state index in [1.54, 1.807) is 12.1 Å². The molecule has 0 saturated carbocycles.